The molecule has 0 bridgehead atoms. The Bertz CT molecular complexity index is 496. The van der Waals surface area contributed by atoms with Crippen molar-refractivity contribution in [3.05, 3.63) is 34.2 Å². The number of benzene rings is 1. The van der Waals surface area contributed by atoms with E-state index in [1.165, 1.54) is 0 Å². The summed E-state index contributed by atoms with van der Waals surface area (Å²) in [7, 11) is -3.15. The monoisotopic (exact) mass is 194 g/mol. The summed E-state index contributed by atoms with van der Waals surface area (Å²) < 4.78 is 23.5. The van der Waals surface area contributed by atoms with E-state index in [-0.39, 0.29) is 0 Å². The van der Waals surface area contributed by atoms with E-state index < -0.39 is 9.84 Å². The highest BCUT2D eigenvalue weighted by Gasteiger charge is 2.27. The molecular formula is C10H10O2S. The van der Waals surface area contributed by atoms with Gasteiger partial charge in [-0.25, -0.2) is 8.42 Å². The molecule has 1 heterocycles. The van der Waals surface area contributed by atoms with Crippen molar-refractivity contribution in [3.8, 4) is 0 Å². The first-order valence-electron chi connectivity index (χ1n) is 4.06. The maximum absolute atomic E-state index is 11.7. The topological polar surface area (TPSA) is 34.1 Å². The highest BCUT2D eigenvalue weighted by atomic mass is 32.2. The van der Waals surface area contributed by atoms with E-state index in [1.807, 2.05) is 25.1 Å². The Kier molecular flexibility index (Phi) is 1.60. The molecule has 0 unspecified atom stereocenters. The number of hydrogen-bond acceptors (Lipinski definition) is 2. The molecule has 13 heavy (non-hydrogen) atoms. The van der Waals surface area contributed by atoms with E-state index in [2.05, 4.69) is 0 Å². The minimum Gasteiger partial charge on any atom is -0.219 e. The van der Waals surface area contributed by atoms with Gasteiger partial charge in [-0.05, 0) is 31.1 Å². The molecule has 1 aromatic carbocycles. The van der Waals surface area contributed by atoms with Crippen LogP contribution in [0.5, 0.6) is 0 Å². The molecule has 0 saturated carbocycles. The Morgan fingerprint density at radius 3 is 2.46 bits per heavy atom. The van der Waals surface area contributed by atoms with Gasteiger partial charge in [-0.15, -0.1) is 0 Å². The average molecular weight is 194 g/mol. The highest BCUT2D eigenvalue weighted by molar-refractivity contribution is 7.95. The minimum absolute atomic E-state index is 0.441. The van der Waals surface area contributed by atoms with Crippen molar-refractivity contribution in [2.75, 3.05) is 0 Å². The summed E-state index contributed by atoms with van der Waals surface area (Å²) in [5.74, 6) is 0. The molecule has 0 fully saturated rings. The minimum atomic E-state index is -3.15. The van der Waals surface area contributed by atoms with Crippen LogP contribution in [0.2, 0.25) is 0 Å². The molecule has 0 aromatic heterocycles. The molecule has 0 atom stereocenters. The molecule has 0 saturated heterocycles. The fourth-order valence-corrected chi connectivity index (χ4v) is 3.15. The molecule has 0 aliphatic carbocycles. The van der Waals surface area contributed by atoms with E-state index in [0.29, 0.717) is 9.80 Å². The second-order valence-electron chi connectivity index (χ2n) is 3.25. The Morgan fingerprint density at radius 2 is 1.85 bits per heavy atom. The number of hydrogen-bond donors (Lipinski definition) is 0. The van der Waals surface area contributed by atoms with Gasteiger partial charge in [0.15, 0.2) is 0 Å². The van der Waals surface area contributed by atoms with Gasteiger partial charge < -0.3 is 0 Å². The van der Waals surface area contributed by atoms with Crippen LogP contribution in [-0.2, 0) is 9.84 Å². The molecule has 3 heteroatoms. The number of allylic oxidation sites excluding steroid dienone is 1. The van der Waals surface area contributed by atoms with Gasteiger partial charge in [-0.2, -0.15) is 0 Å². The van der Waals surface area contributed by atoms with Gasteiger partial charge in [0.2, 0.25) is 9.84 Å². The summed E-state index contributed by atoms with van der Waals surface area (Å²) in [5, 5.41) is 0. The van der Waals surface area contributed by atoms with Crippen molar-refractivity contribution >= 4 is 15.9 Å². The van der Waals surface area contributed by atoms with Crippen LogP contribution in [0.4, 0.5) is 0 Å². The van der Waals surface area contributed by atoms with Crippen LogP contribution in [0.25, 0.3) is 6.08 Å². The molecule has 0 amide bonds. The molecule has 1 aliphatic heterocycles. The largest absolute Gasteiger partial charge is 0.219 e. The van der Waals surface area contributed by atoms with Gasteiger partial charge in [0.1, 0.15) is 0 Å². The van der Waals surface area contributed by atoms with E-state index in [4.69, 9.17) is 0 Å². The maximum Gasteiger partial charge on any atom is 0.203 e. The fraction of sp³-hybridized carbons (Fsp3) is 0.200. The van der Waals surface area contributed by atoms with Crippen molar-refractivity contribution in [3.63, 3.8) is 0 Å². The Labute approximate surface area is 77.8 Å². The summed E-state index contributed by atoms with van der Waals surface area (Å²) in [6.07, 6.45) is 1.72. The first kappa shape index (κ1) is 8.51. The molecule has 68 valence electrons. The van der Waals surface area contributed by atoms with Crippen LogP contribution in [0.1, 0.15) is 18.1 Å². The van der Waals surface area contributed by atoms with Crippen LogP contribution in [0.3, 0.4) is 0 Å². The molecular weight excluding hydrogens is 184 g/mol. The summed E-state index contributed by atoms with van der Waals surface area (Å²) in [6.45, 7) is 3.46. The lowest BCUT2D eigenvalue weighted by atomic mass is 10.1. The third-order valence-electron chi connectivity index (χ3n) is 2.29. The second kappa shape index (κ2) is 2.45. The van der Waals surface area contributed by atoms with E-state index in [1.54, 1.807) is 13.0 Å². The highest BCUT2D eigenvalue weighted by Crippen LogP contribution is 2.34. The normalized spacial score (nSPS) is 18.2. The molecule has 0 N–H and O–H groups in total. The average Bonchev–Trinajstić information content (AvgIpc) is 2.24. The quantitative estimate of drug-likeness (QED) is 0.634. The zero-order valence-electron chi connectivity index (χ0n) is 7.53. The van der Waals surface area contributed by atoms with Gasteiger partial charge in [0.25, 0.3) is 0 Å². The standard InChI is InChI=1S/C10H10O2S/c1-7-4-3-5-9-6-8(2)13(11,12)10(7)9/h3-6H,1-2H3. The van der Waals surface area contributed by atoms with Crippen LogP contribution in [0.15, 0.2) is 28.0 Å². The zero-order valence-corrected chi connectivity index (χ0v) is 8.35. The van der Waals surface area contributed by atoms with Crippen molar-refractivity contribution in [2.24, 2.45) is 0 Å². The number of aryl methyl sites for hydroxylation is 1. The zero-order chi connectivity index (χ0) is 9.64. The van der Waals surface area contributed by atoms with E-state index in [9.17, 15) is 8.42 Å². The first-order chi connectivity index (χ1) is 6.03. The Hall–Kier alpha value is -1.09. The summed E-state index contributed by atoms with van der Waals surface area (Å²) in [4.78, 5) is 0.921. The summed E-state index contributed by atoms with van der Waals surface area (Å²) in [6, 6.07) is 5.53. The van der Waals surface area contributed by atoms with E-state index >= 15 is 0 Å². The Balaban J connectivity index is 2.88. The second-order valence-corrected chi connectivity index (χ2v) is 5.31. The fourth-order valence-electron chi connectivity index (χ4n) is 1.61. The van der Waals surface area contributed by atoms with Gasteiger partial charge in [-0.1, -0.05) is 18.2 Å². The van der Waals surface area contributed by atoms with Crippen LogP contribution in [-0.4, -0.2) is 8.42 Å². The SMILES string of the molecule is CC1=Cc2cccc(C)c2S1(=O)=O. The Morgan fingerprint density at radius 1 is 1.15 bits per heavy atom. The first-order valence-corrected chi connectivity index (χ1v) is 5.55. The maximum atomic E-state index is 11.7. The molecule has 0 spiro atoms. The summed E-state index contributed by atoms with van der Waals surface area (Å²) >= 11 is 0. The third kappa shape index (κ3) is 1.04. The van der Waals surface area contributed by atoms with Gasteiger partial charge in [0, 0.05) is 4.91 Å². The van der Waals surface area contributed by atoms with Crippen molar-refractivity contribution < 1.29 is 8.42 Å². The molecule has 1 aromatic rings. The number of sulfone groups is 1. The van der Waals surface area contributed by atoms with Crippen LogP contribution in [0, 0.1) is 6.92 Å². The lowest BCUT2D eigenvalue weighted by molar-refractivity contribution is 0.602. The number of fused-ring (bicyclic) bond motifs is 1. The molecule has 0 radical (unpaired) electrons. The van der Waals surface area contributed by atoms with Crippen LogP contribution < -0.4 is 0 Å². The van der Waals surface area contributed by atoms with Gasteiger partial charge in [-0.3, -0.25) is 0 Å². The van der Waals surface area contributed by atoms with Crippen molar-refractivity contribution in [1.82, 2.24) is 0 Å². The predicted molar refractivity (Wildman–Crippen MR) is 52.0 cm³/mol. The van der Waals surface area contributed by atoms with Crippen molar-refractivity contribution in [1.29, 1.82) is 0 Å². The third-order valence-corrected chi connectivity index (χ3v) is 4.35. The van der Waals surface area contributed by atoms with E-state index in [0.717, 1.165) is 11.1 Å². The lowest BCUT2D eigenvalue weighted by Gasteiger charge is -2.02. The molecule has 2 rings (SSSR count). The van der Waals surface area contributed by atoms with Crippen LogP contribution >= 0.6 is 0 Å². The molecule has 2 nitrogen and oxygen atoms in total. The number of rotatable bonds is 0. The predicted octanol–water partition coefficient (Wildman–Crippen LogP) is 2.14. The lowest BCUT2D eigenvalue weighted by Crippen LogP contribution is -2.00. The van der Waals surface area contributed by atoms with Gasteiger partial charge in [0.05, 0.1) is 4.90 Å². The van der Waals surface area contributed by atoms with Gasteiger partial charge >= 0.3 is 0 Å². The summed E-state index contributed by atoms with van der Waals surface area (Å²) in [5.41, 5.74) is 1.64. The smallest absolute Gasteiger partial charge is 0.203 e. The molecule has 1 aliphatic rings. The van der Waals surface area contributed by atoms with Crippen molar-refractivity contribution in [2.45, 2.75) is 18.7 Å².